The molecule has 0 aromatic carbocycles. The van der Waals surface area contributed by atoms with Gasteiger partial charge in [0.2, 0.25) is 0 Å². The van der Waals surface area contributed by atoms with Crippen LogP contribution in [0.5, 0.6) is 0 Å². The third kappa shape index (κ3) is 2.05. The van der Waals surface area contributed by atoms with E-state index in [-0.39, 0.29) is 6.04 Å². The Morgan fingerprint density at radius 2 is 2.39 bits per heavy atom. The molecule has 0 spiro atoms. The Morgan fingerprint density at radius 3 is 3.17 bits per heavy atom. The van der Waals surface area contributed by atoms with Crippen molar-refractivity contribution in [2.24, 2.45) is 5.84 Å². The molecular weight excluding hydrogens is 244 g/mol. The molecule has 3 N–H and O–H groups in total. The van der Waals surface area contributed by atoms with Crippen LogP contribution in [0.1, 0.15) is 41.8 Å². The first-order valence-electron chi connectivity index (χ1n) is 6.18. The van der Waals surface area contributed by atoms with Crippen LogP contribution in [0.4, 0.5) is 0 Å². The molecule has 0 bridgehead atoms. The Balaban J connectivity index is 1.97. The van der Waals surface area contributed by atoms with Crippen LogP contribution in [-0.4, -0.2) is 9.97 Å². The lowest BCUT2D eigenvalue weighted by atomic mass is 9.81. The molecule has 2 atom stereocenters. The summed E-state index contributed by atoms with van der Waals surface area (Å²) in [5, 5.41) is 2.06. The van der Waals surface area contributed by atoms with E-state index in [1.165, 1.54) is 17.7 Å². The summed E-state index contributed by atoms with van der Waals surface area (Å²) in [7, 11) is 0. The molecule has 0 saturated heterocycles. The van der Waals surface area contributed by atoms with Crippen molar-refractivity contribution in [3.05, 3.63) is 46.2 Å². The van der Waals surface area contributed by atoms with Crippen molar-refractivity contribution in [3.63, 3.8) is 0 Å². The van der Waals surface area contributed by atoms with E-state index in [1.54, 1.807) is 11.3 Å². The van der Waals surface area contributed by atoms with Gasteiger partial charge in [0.05, 0.1) is 17.2 Å². The second-order valence-electron chi connectivity index (χ2n) is 4.60. The number of rotatable bonds is 3. The number of nitrogens with one attached hydrogen (secondary N) is 1. The van der Waals surface area contributed by atoms with E-state index in [2.05, 4.69) is 26.8 Å². The summed E-state index contributed by atoms with van der Waals surface area (Å²) in [6.45, 7) is 0. The summed E-state index contributed by atoms with van der Waals surface area (Å²) in [4.78, 5) is 8.94. The second-order valence-corrected chi connectivity index (χ2v) is 5.32. The molecule has 0 amide bonds. The van der Waals surface area contributed by atoms with Crippen LogP contribution < -0.4 is 11.3 Å². The lowest BCUT2D eigenvalue weighted by Gasteiger charge is -2.30. The van der Waals surface area contributed by atoms with Crippen LogP contribution in [0.3, 0.4) is 0 Å². The molecule has 18 heavy (non-hydrogen) atoms. The van der Waals surface area contributed by atoms with Crippen molar-refractivity contribution in [2.75, 3.05) is 0 Å². The number of hydrazine groups is 1. The van der Waals surface area contributed by atoms with Gasteiger partial charge in [-0.1, -0.05) is 6.07 Å². The molecule has 2 heterocycles. The first-order valence-corrected chi connectivity index (χ1v) is 7.12. The van der Waals surface area contributed by atoms with Gasteiger partial charge in [-0.25, -0.2) is 4.98 Å². The van der Waals surface area contributed by atoms with Gasteiger partial charge in [-0.05, 0) is 30.9 Å². The van der Waals surface area contributed by atoms with E-state index in [0.29, 0.717) is 5.92 Å². The highest BCUT2D eigenvalue weighted by Crippen LogP contribution is 2.38. The van der Waals surface area contributed by atoms with E-state index < -0.39 is 0 Å². The number of pyridine rings is 1. The summed E-state index contributed by atoms with van der Waals surface area (Å²) in [6.07, 6.45) is 5.28. The molecule has 0 saturated carbocycles. The standard InChI is InChI=1S/C13H16N4S/c14-17-13(11-7-18-8-16-11)10-5-1-3-9-4-2-6-15-12(9)10/h2,4,6-8,10,13,17H,1,3,5,14H2. The van der Waals surface area contributed by atoms with Crippen molar-refractivity contribution >= 4 is 11.3 Å². The highest BCUT2D eigenvalue weighted by Gasteiger charge is 2.30. The molecule has 0 fully saturated rings. The number of aryl methyl sites for hydroxylation is 1. The third-order valence-electron chi connectivity index (χ3n) is 3.59. The number of thiazole rings is 1. The predicted molar refractivity (Wildman–Crippen MR) is 72.1 cm³/mol. The Bertz CT molecular complexity index is 511. The number of fused-ring (bicyclic) bond motifs is 1. The van der Waals surface area contributed by atoms with Gasteiger partial charge >= 0.3 is 0 Å². The smallest absolute Gasteiger partial charge is 0.0795 e. The van der Waals surface area contributed by atoms with Crippen molar-refractivity contribution in [1.82, 2.24) is 15.4 Å². The van der Waals surface area contributed by atoms with Crippen LogP contribution in [0.15, 0.2) is 29.2 Å². The van der Waals surface area contributed by atoms with Crippen molar-refractivity contribution in [3.8, 4) is 0 Å². The van der Waals surface area contributed by atoms with Crippen molar-refractivity contribution in [2.45, 2.75) is 31.2 Å². The van der Waals surface area contributed by atoms with Gasteiger partial charge in [0.25, 0.3) is 0 Å². The van der Waals surface area contributed by atoms with Gasteiger partial charge in [-0.15, -0.1) is 11.3 Å². The highest BCUT2D eigenvalue weighted by atomic mass is 32.1. The maximum atomic E-state index is 5.74. The monoisotopic (exact) mass is 260 g/mol. The largest absolute Gasteiger partial charge is 0.271 e. The summed E-state index contributed by atoms with van der Waals surface area (Å²) < 4.78 is 0. The van der Waals surface area contributed by atoms with Crippen molar-refractivity contribution < 1.29 is 0 Å². The van der Waals surface area contributed by atoms with E-state index in [9.17, 15) is 0 Å². The van der Waals surface area contributed by atoms with Gasteiger partial charge in [-0.2, -0.15) is 0 Å². The molecule has 94 valence electrons. The quantitative estimate of drug-likeness (QED) is 0.655. The minimum absolute atomic E-state index is 0.0604. The minimum atomic E-state index is 0.0604. The van der Waals surface area contributed by atoms with E-state index in [1.807, 2.05) is 17.8 Å². The van der Waals surface area contributed by atoms with Gasteiger partial charge in [0.15, 0.2) is 0 Å². The fourth-order valence-electron chi connectivity index (χ4n) is 2.75. The number of aromatic nitrogens is 2. The zero-order valence-electron chi connectivity index (χ0n) is 10.0. The van der Waals surface area contributed by atoms with E-state index in [4.69, 9.17) is 5.84 Å². The molecule has 1 aliphatic rings. The average Bonchev–Trinajstić information content (AvgIpc) is 2.94. The normalized spacial score (nSPS) is 20.4. The molecule has 5 heteroatoms. The van der Waals surface area contributed by atoms with Crippen LogP contribution in [-0.2, 0) is 6.42 Å². The summed E-state index contributed by atoms with van der Waals surface area (Å²) >= 11 is 1.60. The Hall–Kier alpha value is -1.30. The van der Waals surface area contributed by atoms with Crippen LogP contribution in [0.25, 0.3) is 0 Å². The van der Waals surface area contributed by atoms with Crippen LogP contribution in [0, 0.1) is 0 Å². The minimum Gasteiger partial charge on any atom is -0.271 e. The summed E-state index contributed by atoms with van der Waals surface area (Å²) in [5.41, 5.74) is 8.32. The number of nitrogens with two attached hydrogens (primary N) is 1. The van der Waals surface area contributed by atoms with Gasteiger partial charge in [0, 0.05) is 23.2 Å². The van der Waals surface area contributed by atoms with Crippen molar-refractivity contribution in [1.29, 1.82) is 0 Å². The summed E-state index contributed by atoms with van der Waals surface area (Å²) in [6, 6.07) is 4.24. The number of hydrogen-bond acceptors (Lipinski definition) is 5. The Kier molecular flexibility index (Phi) is 3.36. The Morgan fingerprint density at radius 1 is 1.44 bits per heavy atom. The zero-order valence-corrected chi connectivity index (χ0v) is 10.9. The topological polar surface area (TPSA) is 63.8 Å². The molecule has 0 aliphatic heterocycles. The highest BCUT2D eigenvalue weighted by molar-refractivity contribution is 7.07. The molecule has 2 aromatic rings. The molecule has 2 aromatic heterocycles. The zero-order chi connectivity index (χ0) is 12.4. The van der Waals surface area contributed by atoms with Crippen LogP contribution in [0.2, 0.25) is 0 Å². The maximum Gasteiger partial charge on any atom is 0.0795 e. The fourth-order valence-corrected chi connectivity index (χ4v) is 3.34. The van der Waals surface area contributed by atoms with E-state index >= 15 is 0 Å². The second kappa shape index (κ2) is 5.14. The Labute approximate surface area is 110 Å². The van der Waals surface area contributed by atoms with Gasteiger partial charge in [-0.3, -0.25) is 16.3 Å². The maximum absolute atomic E-state index is 5.74. The lowest BCUT2D eigenvalue weighted by molar-refractivity contribution is 0.394. The third-order valence-corrected chi connectivity index (χ3v) is 4.20. The molecule has 4 nitrogen and oxygen atoms in total. The molecular formula is C13H16N4S. The predicted octanol–water partition coefficient (Wildman–Crippen LogP) is 2.16. The number of hydrogen-bond donors (Lipinski definition) is 2. The molecule has 3 rings (SSSR count). The van der Waals surface area contributed by atoms with Gasteiger partial charge < -0.3 is 0 Å². The van der Waals surface area contributed by atoms with E-state index in [0.717, 1.165) is 18.5 Å². The molecule has 0 radical (unpaired) electrons. The van der Waals surface area contributed by atoms with Crippen LogP contribution >= 0.6 is 11.3 Å². The first-order chi connectivity index (χ1) is 8.90. The number of nitrogens with zero attached hydrogens (tertiary/aromatic N) is 2. The average molecular weight is 260 g/mol. The summed E-state index contributed by atoms with van der Waals surface area (Å²) in [5.74, 6) is 6.06. The first kappa shape index (κ1) is 11.8. The lowest BCUT2D eigenvalue weighted by Crippen LogP contribution is -2.34. The van der Waals surface area contributed by atoms with Gasteiger partial charge in [0.1, 0.15) is 0 Å². The molecule has 1 aliphatic carbocycles. The molecule has 2 unspecified atom stereocenters. The fraction of sp³-hybridized carbons (Fsp3) is 0.385. The SMILES string of the molecule is NNC(c1cscn1)C1CCCc2cccnc21.